The number of fused-ring (bicyclic) bond motifs is 1. The summed E-state index contributed by atoms with van der Waals surface area (Å²) in [5, 5.41) is 12.4. The smallest absolute Gasteiger partial charge is 0.412 e. The maximum Gasteiger partial charge on any atom is 0.412 e. The lowest BCUT2D eigenvalue weighted by atomic mass is 10.0. The first-order valence-corrected chi connectivity index (χ1v) is 9.00. The number of pyridine rings is 1. The number of aromatic nitrogens is 1. The SMILES string of the molecule is CC(C)NC(=O)c1nc2c(cc1Cc1ccc(F)cc1)N(C(=O)O)[C@@H](C)CO2. The van der Waals surface area contributed by atoms with Gasteiger partial charge in [0.05, 0.1) is 6.04 Å². The van der Waals surface area contributed by atoms with Crippen molar-refractivity contribution in [2.24, 2.45) is 0 Å². The van der Waals surface area contributed by atoms with Gasteiger partial charge in [-0.05, 0) is 56.5 Å². The molecule has 2 amide bonds. The van der Waals surface area contributed by atoms with Crippen molar-refractivity contribution in [3.8, 4) is 5.88 Å². The molecule has 2 aromatic rings. The first-order chi connectivity index (χ1) is 13.3. The first-order valence-electron chi connectivity index (χ1n) is 9.00. The molecular weight excluding hydrogens is 365 g/mol. The van der Waals surface area contributed by atoms with Gasteiger partial charge in [0, 0.05) is 6.04 Å². The number of amides is 2. The van der Waals surface area contributed by atoms with Crippen LogP contribution in [-0.4, -0.2) is 40.8 Å². The van der Waals surface area contributed by atoms with E-state index in [0.29, 0.717) is 17.7 Å². The molecule has 7 nitrogen and oxygen atoms in total. The largest absolute Gasteiger partial charge is 0.474 e. The molecule has 0 unspecified atom stereocenters. The van der Waals surface area contributed by atoms with Crippen LogP contribution in [-0.2, 0) is 6.42 Å². The van der Waals surface area contributed by atoms with E-state index in [-0.39, 0.29) is 42.0 Å². The highest BCUT2D eigenvalue weighted by Crippen LogP contribution is 2.35. The van der Waals surface area contributed by atoms with Crippen molar-refractivity contribution in [3.05, 3.63) is 53.0 Å². The lowest BCUT2D eigenvalue weighted by Gasteiger charge is -2.32. The lowest BCUT2D eigenvalue weighted by Crippen LogP contribution is -2.45. The van der Waals surface area contributed by atoms with Gasteiger partial charge in [-0.15, -0.1) is 0 Å². The minimum absolute atomic E-state index is 0.0968. The van der Waals surface area contributed by atoms with Gasteiger partial charge in [-0.2, -0.15) is 0 Å². The second-order valence-corrected chi connectivity index (χ2v) is 7.06. The third-order valence-corrected chi connectivity index (χ3v) is 4.36. The highest BCUT2D eigenvalue weighted by atomic mass is 19.1. The standard InChI is InChI=1S/C20H22FN3O4/c1-11(2)22-18(25)17-14(8-13-4-6-15(21)7-5-13)9-16-19(23-17)28-10-12(3)24(16)20(26)27/h4-7,9,11-12H,8,10H2,1-3H3,(H,22,25)(H,26,27)/t12-/m0/s1. The highest BCUT2D eigenvalue weighted by molar-refractivity contribution is 5.96. The second-order valence-electron chi connectivity index (χ2n) is 7.06. The zero-order valence-corrected chi connectivity index (χ0v) is 15.9. The average Bonchev–Trinajstić information content (AvgIpc) is 2.62. The van der Waals surface area contributed by atoms with E-state index in [0.717, 1.165) is 5.56 Å². The van der Waals surface area contributed by atoms with E-state index in [1.807, 2.05) is 13.8 Å². The van der Waals surface area contributed by atoms with Crippen molar-refractivity contribution in [2.45, 2.75) is 39.3 Å². The summed E-state index contributed by atoms with van der Waals surface area (Å²) < 4.78 is 18.8. The van der Waals surface area contributed by atoms with Gasteiger partial charge in [0.15, 0.2) is 0 Å². The summed E-state index contributed by atoms with van der Waals surface area (Å²) >= 11 is 0. The molecule has 1 atom stereocenters. The fourth-order valence-corrected chi connectivity index (χ4v) is 3.09. The van der Waals surface area contributed by atoms with Crippen LogP contribution in [0.4, 0.5) is 14.9 Å². The highest BCUT2D eigenvalue weighted by Gasteiger charge is 2.32. The second kappa shape index (κ2) is 7.84. The summed E-state index contributed by atoms with van der Waals surface area (Å²) in [5.41, 5.74) is 1.77. The maximum absolute atomic E-state index is 13.2. The molecule has 1 aliphatic heterocycles. The van der Waals surface area contributed by atoms with E-state index in [9.17, 15) is 19.1 Å². The molecule has 0 spiro atoms. The Morgan fingerprint density at radius 2 is 2.04 bits per heavy atom. The van der Waals surface area contributed by atoms with Crippen LogP contribution < -0.4 is 15.0 Å². The van der Waals surface area contributed by atoms with Gasteiger partial charge in [-0.3, -0.25) is 9.69 Å². The number of hydrogen-bond acceptors (Lipinski definition) is 4. The number of rotatable bonds is 4. The van der Waals surface area contributed by atoms with Crippen molar-refractivity contribution < 1.29 is 23.8 Å². The van der Waals surface area contributed by atoms with Crippen molar-refractivity contribution in [3.63, 3.8) is 0 Å². The van der Waals surface area contributed by atoms with Crippen LogP contribution >= 0.6 is 0 Å². The third-order valence-electron chi connectivity index (χ3n) is 4.36. The summed E-state index contributed by atoms with van der Waals surface area (Å²) in [6, 6.07) is 7.04. The zero-order chi connectivity index (χ0) is 20.4. The van der Waals surface area contributed by atoms with E-state index < -0.39 is 6.09 Å². The van der Waals surface area contributed by atoms with Crippen LogP contribution in [0.15, 0.2) is 30.3 Å². The number of nitrogens with one attached hydrogen (secondary N) is 1. The zero-order valence-electron chi connectivity index (χ0n) is 15.9. The normalized spacial score (nSPS) is 15.8. The molecule has 0 saturated heterocycles. The minimum atomic E-state index is -1.12. The van der Waals surface area contributed by atoms with E-state index in [2.05, 4.69) is 10.3 Å². The van der Waals surface area contributed by atoms with Crippen LogP contribution in [0, 0.1) is 5.82 Å². The van der Waals surface area contributed by atoms with E-state index in [4.69, 9.17) is 4.74 Å². The van der Waals surface area contributed by atoms with Gasteiger partial charge in [-0.25, -0.2) is 14.2 Å². The summed E-state index contributed by atoms with van der Waals surface area (Å²) in [4.78, 5) is 29.9. The molecule has 0 aliphatic carbocycles. The molecule has 2 heterocycles. The molecule has 0 radical (unpaired) electrons. The third kappa shape index (κ3) is 4.05. The van der Waals surface area contributed by atoms with Crippen molar-refractivity contribution in [1.82, 2.24) is 10.3 Å². The summed E-state index contributed by atoms with van der Waals surface area (Å²) in [5.74, 6) is -0.624. The Bertz CT molecular complexity index is 899. The number of halogens is 1. The Hall–Kier alpha value is -3.16. The molecule has 8 heteroatoms. The molecule has 1 aromatic heterocycles. The Kier molecular flexibility index (Phi) is 5.48. The molecule has 1 aliphatic rings. The Balaban J connectivity index is 2.09. The number of ether oxygens (including phenoxy) is 1. The number of anilines is 1. The molecular formula is C20H22FN3O4. The topological polar surface area (TPSA) is 91.8 Å². The molecule has 148 valence electrons. The predicted molar refractivity (Wildman–Crippen MR) is 102 cm³/mol. The molecule has 3 rings (SSSR count). The van der Waals surface area contributed by atoms with Crippen LogP contribution in [0.2, 0.25) is 0 Å². The average molecular weight is 387 g/mol. The maximum atomic E-state index is 13.2. The van der Waals surface area contributed by atoms with Gasteiger partial charge in [0.25, 0.3) is 5.91 Å². The van der Waals surface area contributed by atoms with Gasteiger partial charge in [0.2, 0.25) is 5.88 Å². The Labute approximate surface area is 162 Å². The van der Waals surface area contributed by atoms with E-state index >= 15 is 0 Å². The Morgan fingerprint density at radius 1 is 1.36 bits per heavy atom. The predicted octanol–water partition coefficient (Wildman–Crippen LogP) is 3.22. The van der Waals surface area contributed by atoms with Crippen LogP contribution in [0.5, 0.6) is 5.88 Å². The quantitative estimate of drug-likeness (QED) is 0.841. The number of hydrogen-bond donors (Lipinski definition) is 2. The van der Waals surface area contributed by atoms with Crippen LogP contribution in [0.25, 0.3) is 0 Å². The van der Waals surface area contributed by atoms with Crippen molar-refractivity contribution >= 4 is 17.7 Å². The number of benzene rings is 1. The fraction of sp³-hybridized carbons (Fsp3) is 0.350. The number of carbonyl (C=O) groups is 2. The molecule has 0 saturated carbocycles. The minimum Gasteiger partial charge on any atom is -0.474 e. The number of carboxylic acid groups (broad SMARTS) is 1. The van der Waals surface area contributed by atoms with Crippen molar-refractivity contribution in [2.75, 3.05) is 11.5 Å². The number of carbonyl (C=O) groups excluding carboxylic acids is 1. The molecule has 0 fully saturated rings. The molecule has 0 bridgehead atoms. The van der Waals surface area contributed by atoms with E-state index in [1.54, 1.807) is 25.1 Å². The van der Waals surface area contributed by atoms with E-state index in [1.165, 1.54) is 17.0 Å². The number of nitrogens with zero attached hydrogens (tertiary/aromatic N) is 2. The molecule has 28 heavy (non-hydrogen) atoms. The molecule has 2 N–H and O–H groups in total. The van der Waals surface area contributed by atoms with Gasteiger partial charge < -0.3 is 15.2 Å². The van der Waals surface area contributed by atoms with Gasteiger partial charge in [-0.1, -0.05) is 12.1 Å². The first kappa shape index (κ1) is 19.6. The van der Waals surface area contributed by atoms with Gasteiger partial charge >= 0.3 is 6.09 Å². The van der Waals surface area contributed by atoms with Gasteiger partial charge in [0.1, 0.15) is 23.8 Å². The fourth-order valence-electron chi connectivity index (χ4n) is 3.09. The van der Waals surface area contributed by atoms with Crippen LogP contribution in [0.3, 0.4) is 0 Å². The summed E-state index contributed by atoms with van der Waals surface area (Å²) in [6.45, 7) is 5.55. The van der Waals surface area contributed by atoms with Crippen molar-refractivity contribution in [1.29, 1.82) is 0 Å². The monoisotopic (exact) mass is 387 g/mol. The Morgan fingerprint density at radius 3 is 2.64 bits per heavy atom. The summed E-state index contributed by atoms with van der Waals surface area (Å²) in [7, 11) is 0. The summed E-state index contributed by atoms with van der Waals surface area (Å²) in [6.07, 6.45) is -0.825. The molecule has 1 aromatic carbocycles. The van der Waals surface area contributed by atoms with Crippen LogP contribution in [0.1, 0.15) is 42.4 Å². The lowest BCUT2D eigenvalue weighted by molar-refractivity contribution is 0.0935.